The zero-order valence-corrected chi connectivity index (χ0v) is 15.1. The molecule has 1 aliphatic rings. The molecule has 0 N–H and O–H groups in total. The summed E-state index contributed by atoms with van der Waals surface area (Å²) in [4.78, 5) is 23.8. The van der Waals surface area contributed by atoms with E-state index in [1.807, 2.05) is 0 Å². The number of hydrogen-bond acceptors (Lipinski definition) is 4. The molecule has 0 spiro atoms. The first-order valence-electron chi connectivity index (χ1n) is 7.97. The molecular formula is C16H24ClF3O4. The molecule has 0 aromatic heterocycles. The normalized spacial score (nSPS) is 23.8. The van der Waals surface area contributed by atoms with E-state index >= 15 is 0 Å². The predicted octanol–water partition coefficient (Wildman–Crippen LogP) is 4.10. The van der Waals surface area contributed by atoms with Crippen LogP contribution >= 0.6 is 11.6 Å². The van der Waals surface area contributed by atoms with E-state index in [1.54, 1.807) is 27.7 Å². The summed E-state index contributed by atoms with van der Waals surface area (Å²) in [7, 11) is 0. The molecule has 1 fully saturated rings. The SMILES string of the molecule is CCOC(=O)C1(C(=O)OCC)CC(CC(F)(F)F)C(C(C)(C)Cl)C1. The van der Waals surface area contributed by atoms with Gasteiger partial charge in [-0.15, -0.1) is 11.6 Å². The fourth-order valence-corrected chi connectivity index (χ4v) is 3.74. The summed E-state index contributed by atoms with van der Waals surface area (Å²) in [6.45, 7) is 6.38. The zero-order valence-electron chi connectivity index (χ0n) is 14.3. The van der Waals surface area contributed by atoms with Gasteiger partial charge in [0.2, 0.25) is 0 Å². The minimum atomic E-state index is -4.41. The molecule has 24 heavy (non-hydrogen) atoms. The van der Waals surface area contributed by atoms with Crippen molar-refractivity contribution in [3.8, 4) is 0 Å². The highest BCUT2D eigenvalue weighted by Gasteiger charge is 2.61. The average Bonchev–Trinajstić information content (AvgIpc) is 2.78. The average molecular weight is 373 g/mol. The van der Waals surface area contributed by atoms with Crippen molar-refractivity contribution in [1.82, 2.24) is 0 Å². The Morgan fingerprint density at radius 3 is 1.88 bits per heavy atom. The lowest BCUT2D eigenvalue weighted by Crippen LogP contribution is -2.41. The third kappa shape index (κ3) is 4.77. The van der Waals surface area contributed by atoms with E-state index in [2.05, 4.69) is 0 Å². The van der Waals surface area contributed by atoms with Gasteiger partial charge in [-0.05, 0) is 52.4 Å². The number of carbonyl (C=O) groups excluding carboxylic acids is 2. The van der Waals surface area contributed by atoms with Gasteiger partial charge in [-0.1, -0.05) is 0 Å². The van der Waals surface area contributed by atoms with Crippen molar-refractivity contribution in [2.45, 2.75) is 58.0 Å². The summed E-state index contributed by atoms with van der Waals surface area (Å²) in [5, 5.41) is 0. The van der Waals surface area contributed by atoms with Gasteiger partial charge in [-0.2, -0.15) is 13.2 Å². The molecule has 1 saturated carbocycles. The lowest BCUT2D eigenvalue weighted by molar-refractivity contribution is -0.173. The van der Waals surface area contributed by atoms with Gasteiger partial charge in [0.05, 0.1) is 13.2 Å². The van der Waals surface area contributed by atoms with E-state index in [9.17, 15) is 22.8 Å². The highest BCUT2D eigenvalue weighted by atomic mass is 35.5. The van der Waals surface area contributed by atoms with Crippen LogP contribution in [0.3, 0.4) is 0 Å². The third-order valence-corrected chi connectivity index (χ3v) is 4.74. The van der Waals surface area contributed by atoms with Crippen LogP contribution in [0.1, 0.15) is 47.0 Å². The molecule has 2 atom stereocenters. The van der Waals surface area contributed by atoms with Crippen molar-refractivity contribution < 1.29 is 32.2 Å². The molecule has 2 unspecified atom stereocenters. The summed E-state index contributed by atoms with van der Waals surface area (Å²) >= 11 is 6.28. The number of esters is 2. The van der Waals surface area contributed by atoms with E-state index in [-0.39, 0.29) is 26.1 Å². The van der Waals surface area contributed by atoms with Crippen LogP contribution in [0.15, 0.2) is 0 Å². The lowest BCUT2D eigenvalue weighted by Gasteiger charge is -2.30. The van der Waals surface area contributed by atoms with Crippen LogP contribution in [0.2, 0.25) is 0 Å². The van der Waals surface area contributed by atoms with Gasteiger partial charge >= 0.3 is 18.1 Å². The van der Waals surface area contributed by atoms with Crippen molar-refractivity contribution in [1.29, 1.82) is 0 Å². The Kier molecular flexibility index (Phi) is 6.58. The molecule has 0 aliphatic heterocycles. The van der Waals surface area contributed by atoms with Crippen LogP contribution in [-0.2, 0) is 19.1 Å². The van der Waals surface area contributed by atoms with Gasteiger partial charge in [0.25, 0.3) is 0 Å². The maximum atomic E-state index is 12.9. The second-order valence-electron chi connectivity index (χ2n) is 6.68. The van der Waals surface area contributed by atoms with Crippen molar-refractivity contribution >= 4 is 23.5 Å². The maximum absolute atomic E-state index is 12.9. The number of carbonyl (C=O) groups is 2. The summed E-state index contributed by atoms with van der Waals surface area (Å²) in [5.41, 5.74) is -1.72. The topological polar surface area (TPSA) is 52.6 Å². The summed E-state index contributed by atoms with van der Waals surface area (Å²) < 4.78 is 48.8. The molecule has 8 heteroatoms. The van der Waals surface area contributed by atoms with Gasteiger partial charge in [-0.25, -0.2) is 0 Å². The highest BCUT2D eigenvalue weighted by Crippen LogP contribution is 2.55. The molecule has 0 heterocycles. The van der Waals surface area contributed by atoms with E-state index in [0.29, 0.717) is 0 Å². The molecule has 0 radical (unpaired) electrons. The number of rotatable bonds is 6. The van der Waals surface area contributed by atoms with Gasteiger partial charge in [0.15, 0.2) is 5.41 Å². The monoisotopic (exact) mass is 372 g/mol. The first-order valence-corrected chi connectivity index (χ1v) is 8.35. The van der Waals surface area contributed by atoms with Gasteiger partial charge < -0.3 is 9.47 Å². The molecule has 140 valence electrons. The Hall–Kier alpha value is -0.980. The van der Waals surface area contributed by atoms with Gasteiger partial charge in [0, 0.05) is 11.3 Å². The molecule has 0 aromatic rings. The number of halogens is 4. The van der Waals surface area contributed by atoms with Crippen molar-refractivity contribution in [3.63, 3.8) is 0 Å². The van der Waals surface area contributed by atoms with Gasteiger partial charge in [-0.3, -0.25) is 9.59 Å². The summed E-state index contributed by atoms with van der Waals surface area (Å²) in [6.07, 6.45) is -5.90. The molecule has 1 rings (SSSR count). The highest BCUT2D eigenvalue weighted by molar-refractivity contribution is 6.23. The number of alkyl halides is 4. The molecule has 4 nitrogen and oxygen atoms in total. The predicted molar refractivity (Wildman–Crippen MR) is 82.5 cm³/mol. The minimum Gasteiger partial charge on any atom is -0.465 e. The third-order valence-electron chi connectivity index (χ3n) is 4.46. The molecule has 0 amide bonds. The molecule has 1 aliphatic carbocycles. The van der Waals surface area contributed by atoms with Crippen molar-refractivity contribution in [2.75, 3.05) is 13.2 Å². The first kappa shape index (κ1) is 21.1. The fourth-order valence-electron chi connectivity index (χ4n) is 3.49. The fraction of sp³-hybridized carbons (Fsp3) is 0.875. The van der Waals surface area contributed by atoms with E-state index in [0.717, 1.165) is 0 Å². The Morgan fingerprint density at radius 1 is 1.08 bits per heavy atom. The zero-order chi connectivity index (χ0) is 18.8. The summed E-state index contributed by atoms with van der Waals surface area (Å²) in [6, 6.07) is 0. The largest absolute Gasteiger partial charge is 0.465 e. The number of ether oxygens (including phenoxy) is 2. The van der Waals surface area contributed by atoms with Crippen LogP contribution in [-0.4, -0.2) is 36.2 Å². The molecule has 0 bridgehead atoms. The van der Waals surface area contributed by atoms with Crippen LogP contribution in [0, 0.1) is 17.3 Å². The smallest absolute Gasteiger partial charge is 0.389 e. The first-order chi connectivity index (χ1) is 10.9. The summed E-state index contributed by atoms with van der Waals surface area (Å²) in [5.74, 6) is -3.29. The second kappa shape index (κ2) is 7.50. The van der Waals surface area contributed by atoms with Gasteiger partial charge in [0.1, 0.15) is 0 Å². The van der Waals surface area contributed by atoms with Crippen LogP contribution < -0.4 is 0 Å². The van der Waals surface area contributed by atoms with Crippen LogP contribution in [0.5, 0.6) is 0 Å². The maximum Gasteiger partial charge on any atom is 0.389 e. The molecule has 0 saturated heterocycles. The Labute approximate surface area is 145 Å². The minimum absolute atomic E-state index is 0.0266. The van der Waals surface area contributed by atoms with E-state index in [4.69, 9.17) is 21.1 Å². The van der Waals surface area contributed by atoms with E-state index < -0.39 is 46.7 Å². The lowest BCUT2D eigenvalue weighted by atomic mass is 9.82. The van der Waals surface area contributed by atoms with Crippen LogP contribution in [0.4, 0.5) is 13.2 Å². The Bertz CT molecular complexity index is 453. The quantitative estimate of drug-likeness (QED) is 0.400. The van der Waals surface area contributed by atoms with Crippen LogP contribution in [0.25, 0.3) is 0 Å². The van der Waals surface area contributed by atoms with Crippen molar-refractivity contribution in [3.05, 3.63) is 0 Å². The Morgan fingerprint density at radius 2 is 1.54 bits per heavy atom. The Balaban J connectivity index is 3.25. The molecule has 0 aromatic carbocycles. The second-order valence-corrected chi connectivity index (χ2v) is 7.66. The number of hydrogen-bond donors (Lipinski definition) is 0. The van der Waals surface area contributed by atoms with Crippen molar-refractivity contribution in [2.24, 2.45) is 17.3 Å². The standard InChI is InChI=1S/C16H24ClF3O4/c1-5-23-12(21)15(13(22)24-6-2)7-10(8-16(18,19)20)11(9-15)14(3,4)17/h10-11H,5-9H2,1-4H3. The van der Waals surface area contributed by atoms with E-state index in [1.165, 1.54) is 0 Å². The molecular weight excluding hydrogens is 349 g/mol.